The fourth-order valence-electron chi connectivity index (χ4n) is 4.34. The van der Waals surface area contributed by atoms with Gasteiger partial charge in [-0.2, -0.15) is 0 Å². The molecule has 3 heterocycles. The van der Waals surface area contributed by atoms with E-state index < -0.39 is 0 Å². The first kappa shape index (κ1) is 25.4. The molecule has 0 radical (unpaired) electrons. The highest BCUT2D eigenvalue weighted by Crippen LogP contribution is 2.16. The maximum absolute atomic E-state index is 5.46. The van der Waals surface area contributed by atoms with Crippen LogP contribution in [0.15, 0.2) is 27.8 Å². The Balaban J connectivity index is 0.00000320. The molecule has 2 fully saturated rings. The highest BCUT2D eigenvalue weighted by molar-refractivity contribution is 14.0. The standard InChI is InChI=1S/C22H39N5O2.HI/c1-3-27-12-4-6-20(27)18-24-22(23-11-8-21-7-5-16-29-21)25-19-9-13-26(14-10-19)15-17-28-2;/h5,7,16,19-20H,3-4,6,8-15,17-18H2,1-2H3,(H2,23,24,25);1H. The average molecular weight is 533 g/mol. The van der Waals surface area contributed by atoms with E-state index in [0.717, 1.165) is 76.9 Å². The summed E-state index contributed by atoms with van der Waals surface area (Å²) in [6.45, 7) is 10.4. The summed E-state index contributed by atoms with van der Waals surface area (Å²) in [7, 11) is 1.77. The number of piperidine rings is 1. The molecule has 7 nitrogen and oxygen atoms in total. The molecule has 0 aromatic carbocycles. The van der Waals surface area contributed by atoms with Crippen LogP contribution in [0.2, 0.25) is 0 Å². The SMILES string of the molecule is CCN1CCCC1CN=C(NCCc1ccco1)NC1CCN(CCOC)CC1.I. The fraction of sp³-hybridized carbons (Fsp3) is 0.773. The van der Waals surface area contributed by atoms with Gasteiger partial charge in [0.05, 0.1) is 19.4 Å². The van der Waals surface area contributed by atoms with Crippen LogP contribution in [-0.2, 0) is 11.2 Å². The number of ether oxygens (including phenoxy) is 1. The predicted molar refractivity (Wildman–Crippen MR) is 133 cm³/mol. The molecular weight excluding hydrogens is 493 g/mol. The van der Waals surface area contributed by atoms with Crippen molar-refractivity contribution in [1.82, 2.24) is 20.4 Å². The molecule has 1 aromatic rings. The number of methoxy groups -OCH3 is 1. The van der Waals surface area contributed by atoms with E-state index in [0.29, 0.717) is 12.1 Å². The topological polar surface area (TPSA) is 65.3 Å². The first-order valence-corrected chi connectivity index (χ1v) is 11.3. The van der Waals surface area contributed by atoms with Crippen LogP contribution in [0.5, 0.6) is 0 Å². The third kappa shape index (κ3) is 8.36. The highest BCUT2D eigenvalue weighted by atomic mass is 127. The molecule has 0 spiro atoms. The Morgan fingerprint density at radius 3 is 2.80 bits per heavy atom. The van der Waals surface area contributed by atoms with E-state index in [1.165, 1.54) is 19.4 Å². The van der Waals surface area contributed by atoms with Crippen molar-refractivity contribution >= 4 is 29.9 Å². The molecule has 2 N–H and O–H groups in total. The van der Waals surface area contributed by atoms with Crippen molar-refractivity contribution in [2.75, 3.05) is 59.5 Å². The molecule has 1 atom stereocenters. The number of likely N-dealkylation sites (N-methyl/N-ethyl adjacent to an activating group) is 1. The summed E-state index contributed by atoms with van der Waals surface area (Å²) in [5.74, 6) is 1.96. The first-order valence-electron chi connectivity index (χ1n) is 11.3. The molecule has 2 saturated heterocycles. The van der Waals surface area contributed by atoms with E-state index >= 15 is 0 Å². The van der Waals surface area contributed by atoms with Crippen molar-refractivity contribution in [2.24, 2.45) is 4.99 Å². The summed E-state index contributed by atoms with van der Waals surface area (Å²) in [4.78, 5) is 10.0. The van der Waals surface area contributed by atoms with E-state index in [-0.39, 0.29) is 24.0 Å². The molecule has 30 heavy (non-hydrogen) atoms. The maximum Gasteiger partial charge on any atom is 0.191 e. The van der Waals surface area contributed by atoms with Crippen LogP contribution >= 0.6 is 24.0 Å². The molecule has 2 aliphatic heterocycles. The monoisotopic (exact) mass is 533 g/mol. The summed E-state index contributed by atoms with van der Waals surface area (Å²) in [6, 6.07) is 5.03. The molecule has 0 bridgehead atoms. The van der Waals surface area contributed by atoms with Crippen molar-refractivity contribution in [1.29, 1.82) is 0 Å². The normalized spacial score (nSPS) is 21.5. The Bertz CT molecular complexity index is 590. The van der Waals surface area contributed by atoms with E-state index in [9.17, 15) is 0 Å². The van der Waals surface area contributed by atoms with Crippen molar-refractivity contribution in [3.63, 3.8) is 0 Å². The van der Waals surface area contributed by atoms with Gasteiger partial charge < -0.3 is 24.7 Å². The number of nitrogens with zero attached hydrogens (tertiary/aromatic N) is 3. The molecule has 0 saturated carbocycles. The molecule has 0 amide bonds. The zero-order valence-electron chi connectivity index (χ0n) is 18.6. The number of halogens is 1. The second kappa shape index (κ2) is 14.3. The van der Waals surface area contributed by atoms with Gasteiger partial charge in [-0.3, -0.25) is 9.89 Å². The van der Waals surface area contributed by atoms with Crippen LogP contribution in [0.25, 0.3) is 0 Å². The summed E-state index contributed by atoms with van der Waals surface area (Å²) in [5, 5.41) is 7.24. The van der Waals surface area contributed by atoms with Crippen molar-refractivity contribution in [3.8, 4) is 0 Å². The van der Waals surface area contributed by atoms with Gasteiger partial charge in [-0.15, -0.1) is 24.0 Å². The maximum atomic E-state index is 5.46. The van der Waals surface area contributed by atoms with E-state index in [1.54, 1.807) is 13.4 Å². The summed E-state index contributed by atoms with van der Waals surface area (Å²) in [6.07, 6.45) is 7.45. The smallest absolute Gasteiger partial charge is 0.191 e. The number of rotatable bonds is 10. The van der Waals surface area contributed by atoms with Crippen LogP contribution in [0.1, 0.15) is 38.4 Å². The molecule has 8 heteroatoms. The Morgan fingerprint density at radius 1 is 1.27 bits per heavy atom. The number of hydrogen-bond acceptors (Lipinski definition) is 5. The third-order valence-corrected chi connectivity index (χ3v) is 6.15. The van der Waals surface area contributed by atoms with Gasteiger partial charge in [0.2, 0.25) is 0 Å². The lowest BCUT2D eigenvalue weighted by Crippen LogP contribution is -2.49. The number of likely N-dealkylation sites (tertiary alicyclic amines) is 2. The Morgan fingerprint density at radius 2 is 2.10 bits per heavy atom. The van der Waals surface area contributed by atoms with Gasteiger partial charge in [0.1, 0.15) is 5.76 Å². The molecule has 0 aliphatic carbocycles. The van der Waals surface area contributed by atoms with Crippen molar-refractivity contribution in [3.05, 3.63) is 24.2 Å². The van der Waals surface area contributed by atoms with Crippen LogP contribution in [0.4, 0.5) is 0 Å². The molecule has 3 rings (SSSR count). The van der Waals surface area contributed by atoms with Gasteiger partial charge in [-0.05, 0) is 50.9 Å². The molecule has 1 aromatic heterocycles. The van der Waals surface area contributed by atoms with Gasteiger partial charge in [0.15, 0.2) is 5.96 Å². The highest BCUT2D eigenvalue weighted by Gasteiger charge is 2.23. The van der Waals surface area contributed by atoms with Crippen LogP contribution in [0, 0.1) is 0 Å². The molecular formula is C22H40IN5O2. The van der Waals surface area contributed by atoms with Gasteiger partial charge in [-0.25, -0.2) is 0 Å². The largest absolute Gasteiger partial charge is 0.469 e. The van der Waals surface area contributed by atoms with Gasteiger partial charge in [-0.1, -0.05) is 6.92 Å². The molecule has 2 aliphatic rings. The number of hydrogen-bond donors (Lipinski definition) is 2. The zero-order chi connectivity index (χ0) is 20.3. The Kier molecular flexibility index (Phi) is 12.1. The molecule has 172 valence electrons. The van der Waals surface area contributed by atoms with Gasteiger partial charge in [0.25, 0.3) is 0 Å². The number of guanidine groups is 1. The second-order valence-corrected chi connectivity index (χ2v) is 8.12. The van der Waals surface area contributed by atoms with Crippen molar-refractivity contribution < 1.29 is 9.15 Å². The van der Waals surface area contributed by atoms with Crippen LogP contribution in [-0.4, -0.2) is 87.4 Å². The van der Waals surface area contributed by atoms with Gasteiger partial charge >= 0.3 is 0 Å². The van der Waals surface area contributed by atoms with Crippen LogP contribution in [0.3, 0.4) is 0 Å². The zero-order valence-corrected chi connectivity index (χ0v) is 21.0. The first-order chi connectivity index (χ1) is 14.3. The lowest BCUT2D eigenvalue weighted by molar-refractivity contribution is 0.128. The summed E-state index contributed by atoms with van der Waals surface area (Å²) >= 11 is 0. The minimum atomic E-state index is 0. The third-order valence-electron chi connectivity index (χ3n) is 6.15. The van der Waals surface area contributed by atoms with E-state index in [2.05, 4.69) is 27.4 Å². The average Bonchev–Trinajstić information content (AvgIpc) is 3.43. The number of aliphatic imine (C=N–C) groups is 1. The van der Waals surface area contributed by atoms with E-state index in [4.69, 9.17) is 14.1 Å². The fourth-order valence-corrected chi connectivity index (χ4v) is 4.34. The Hall–Kier alpha value is -0.840. The predicted octanol–water partition coefficient (Wildman–Crippen LogP) is 2.57. The van der Waals surface area contributed by atoms with E-state index in [1.807, 2.05) is 12.1 Å². The number of nitrogens with one attached hydrogen (secondary N) is 2. The lowest BCUT2D eigenvalue weighted by Gasteiger charge is -2.33. The van der Waals surface area contributed by atoms with Crippen molar-refractivity contribution in [2.45, 2.75) is 51.1 Å². The minimum Gasteiger partial charge on any atom is -0.469 e. The quantitative estimate of drug-likeness (QED) is 0.274. The minimum absolute atomic E-state index is 0. The lowest BCUT2D eigenvalue weighted by atomic mass is 10.1. The number of furan rings is 1. The Labute approximate surface area is 199 Å². The van der Waals surface area contributed by atoms with Gasteiger partial charge in [0, 0.05) is 51.8 Å². The molecule has 1 unspecified atom stereocenters. The summed E-state index contributed by atoms with van der Waals surface area (Å²) < 4.78 is 10.7. The van der Waals surface area contributed by atoms with Crippen LogP contribution < -0.4 is 10.6 Å². The summed E-state index contributed by atoms with van der Waals surface area (Å²) in [5.41, 5.74) is 0. The second-order valence-electron chi connectivity index (χ2n) is 8.12.